The zero-order valence-corrected chi connectivity index (χ0v) is 20.3. The second-order valence-electron chi connectivity index (χ2n) is 7.52. The van der Waals surface area contributed by atoms with Gasteiger partial charge in [-0.15, -0.1) is 35.0 Å². The minimum Gasteiger partial charge on any atom is -0.512 e. The van der Waals surface area contributed by atoms with E-state index in [1.165, 1.54) is 35.9 Å². The molecule has 0 aliphatic rings. The smallest absolute Gasteiger partial charge is 0.155 e. The summed E-state index contributed by atoms with van der Waals surface area (Å²) < 4.78 is 0. The molecule has 3 nitrogen and oxygen atoms in total. The Morgan fingerprint density at radius 3 is 2.25 bits per heavy atom. The van der Waals surface area contributed by atoms with Gasteiger partial charge in [0.2, 0.25) is 0 Å². The second-order valence-corrected chi connectivity index (χ2v) is 12.6. The normalized spacial score (nSPS) is 11.2. The van der Waals surface area contributed by atoms with Gasteiger partial charge in [-0.3, -0.25) is 4.79 Å². The minimum atomic E-state index is -1.26. The summed E-state index contributed by atoms with van der Waals surface area (Å²) in [4.78, 5) is 14.6. The molecular weight excluding hydrogens is 543 g/mol. The number of aromatic nitrogens is 1. The van der Waals surface area contributed by atoms with Crippen LogP contribution in [0.1, 0.15) is 13.8 Å². The summed E-state index contributed by atoms with van der Waals surface area (Å²) in [6, 6.07) is 20.4. The molecule has 1 aromatic heterocycles. The number of hydrogen-bond donors (Lipinski definition) is 1. The van der Waals surface area contributed by atoms with Crippen LogP contribution in [0.3, 0.4) is 0 Å². The molecule has 2 aromatic carbocycles. The summed E-state index contributed by atoms with van der Waals surface area (Å²) >= 11 is 0. The quantitative estimate of drug-likeness (QED) is 0.202. The van der Waals surface area contributed by atoms with Gasteiger partial charge in [-0.05, 0) is 36.4 Å². The van der Waals surface area contributed by atoms with E-state index in [4.69, 9.17) is 5.11 Å². The first-order valence-electron chi connectivity index (χ1n) is 8.92. The summed E-state index contributed by atoms with van der Waals surface area (Å²) in [6.07, 6.45) is 3.04. The molecule has 1 heterocycles. The molecule has 3 rings (SSSR count). The van der Waals surface area contributed by atoms with Gasteiger partial charge in [-0.2, -0.15) is 0 Å². The van der Waals surface area contributed by atoms with Gasteiger partial charge in [0.25, 0.3) is 0 Å². The topological polar surface area (TPSA) is 50.2 Å². The number of benzene rings is 2. The standard InChI is InChI=1S/C18H18NSi.C5H8O2.Ir/c1-20(2,3)16-10-8-15(9-11-16)18-17-7-5-4-6-14(17)12-13-19-18;1-4(6)3-5(2)7;/h4-8,10-13H,1-3H3;3,6H,1-2H3;/q-1;;. The van der Waals surface area contributed by atoms with Crippen molar-refractivity contribution in [1.82, 2.24) is 4.98 Å². The van der Waals surface area contributed by atoms with E-state index in [-0.39, 0.29) is 31.6 Å². The minimum absolute atomic E-state index is 0. The summed E-state index contributed by atoms with van der Waals surface area (Å²) in [5.41, 5.74) is 2.09. The molecule has 0 unspecified atom stereocenters. The fraction of sp³-hybridized carbons (Fsp3) is 0.217. The maximum absolute atomic E-state index is 10.0. The molecule has 3 aromatic rings. The maximum Gasteiger partial charge on any atom is 0.155 e. The molecule has 149 valence electrons. The molecule has 0 saturated heterocycles. The third-order valence-electron chi connectivity index (χ3n) is 4.02. The Morgan fingerprint density at radius 2 is 1.75 bits per heavy atom. The van der Waals surface area contributed by atoms with E-state index in [1.807, 2.05) is 6.20 Å². The monoisotopic (exact) mass is 569 g/mol. The van der Waals surface area contributed by atoms with Crippen LogP contribution in [-0.2, 0) is 24.9 Å². The number of pyridine rings is 1. The zero-order chi connectivity index (χ0) is 20.0. The largest absolute Gasteiger partial charge is 0.512 e. The van der Waals surface area contributed by atoms with Crippen molar-refractivity contribution in [3.8, 4) is 11.3 Å². The average molecular weight is 569 g/mol. The third kappa shape index (κ3) is 6.82. The first kappa shape index (κ1) is 24.0. The van der Waals surface area contributed by atoms with E-state index in [0.717, 1.165) is 11.3 Å². The summed E-state index contributed by atoms with van der Waals surface area (Å²) in [6.45, 7) is 9.91. The summed E-state index contributed by atoms with van der Waals surface area (Å²) in [5.74, 6) is -0.0625. The molecule has 0 bridgehead atoms. The van der Waals surface area contributed by atoms with Crippen LogP contribution in [0.5, 0.6) is 0 Å². The summed E-state index contributed by atoms with van der Waals surface area (Å²) in [7, 11) is -1.26. The van der Waals surface area contributed by atoms with Gasteiger partial charge in [0, 0.05) is 40.5 Å². The third-order valence-corrected chi connectivity index (χ3v) is 6.06. The molecule has 0 aliphatic heterocycles. The van der Waals surface area contributed by atoms with Gasteiger partial charge in [0.05, 0.1) is 5.76 Å². The number of carbonyl (C=O) groups is 1. The Labute approximate surface area is 181 Å². The van der Waals surface area contributed by atoms with Crippen molar-refractivity contribution in [2.75, 3.05) is 0 Å². The van der Waals surface area contributed by atoms with Gasteiger partial charge in [-0.1, -0.05) is 43.9 Å². The molecule has 28 heavy (non-hydrogen) atoms. The molecular formula is C23H26IrNO2Si-. The fourth-order valence-corrected chi connectivity index (χ4v) is 3.76. The van der Waals surface area contributed by atoms with Crippen molar-refractivity contribution in [2.24, 2.45) is 0 Å². The van der Waals surface area contributed by atoms with Crippen LogP contribution in [0.25, 0.3) is 22.0 Å². The van der Waals surface area contributed by atoms with E-state index in [1.54, 1.807) is 0 Å². The SMILES string of the molecule is CC(=O)C=C(C)O.C[Si](C)(C)c1c[c-]c(-c2nccc3ccccc23)cc1.[Ir]. The van der Waals surface area contributed by atoms with Gasteiger partial charge in [0.15, 0.2) is 5.78 Å². The van der Waals surface area contributed by atoms with Crippen LogP contribution < -0.4 is 5.19 Å². The number of nitrogens with zero attached hydrogens (tertiary/aromatic N) is 1. The van der Waals surface area contributed by atoms with Crippen molar-refractivity contribution < 1.29 is 30.0 Å². The van der Waals surface area contributed by atoms with E-state index in [0.29, 0.717) is 0 Å². The van der Waals surface area contributed by atoms with E-state index >= 15 is 0 Å². The van der Waals surface area contributed by atoms with Crippen LogP contribution in [0.15, 0.2) is 66.6 Å². The molecule has 5 heteroatoms. The van der Waals surface area contributed by atoms with Crippen LogP contribution >= 0.6 is 0 Å². The predicted molar refractivity (Wildman–Crippen MR) is 116 cm³/mol. The molecule has 1 radical (unpaired) electrons. The van der Waals surface area contributed by atoms with Gasteiger partial charge in [0.1, 0.15) is 0 Å². The van der Waals surface area contributed by atoms with E-state index < -0.39 is 8.07 Å². The van der Waals surface area contributed by atoms with E-state index in [9.17, 15) is 4.79 Å². The number of rotatable bonds is 3. The van der Waals surface area contributed by atoms with Gasteiger partial charge in [-0.25, -0.2) is 0 Å². The Morgan fingerprint density at radius 1 is 1.07 bits per heavy atom. The van der Waals surface area contributed by atoms with Crippen molar-refractivity contribution in [1.29, 1.82) is 0 Å². The zero-order valence-electron chi connectivity index (χ0n) is 16.9. The Balaban J connectivity index is 0.000000425. The number of aliphatic hydroxyl groups excluding tert-OH is 1. The van der Waals surface area contributed by atoms with E-state index in [2.05, 4.69) is 79.2 Å². The summed E-state index contributed by atoms with van der Waals surface area (Å²) in [5, 5.41) is 12.2. The average Bonchev–Trinajstić information content (AvgIpc) is 2.60. The Hall–Kier alpha value is -2.07. The van der Waals surface area contributed by atoms with Crippen molar-refractivity contribution >= 4 is 29.8 Å². The number of aliphatic hydroxyl groups is 1. The van der Waals surface area contributed by atoms with Crippen molar-refractivity contribution in [3.63, 3.8) is 0 Å². The Kier molecular flexibility index (Phi) is 8.96. The first-order valence-corrected chi connectivity index (χ1v) is 12.4. The van der Waals surface area contributed by atoms with Gasteiger partial charge < -0.3 is 10.1 Å². The molecule has 0 fully saturated rings. The van der Waals surface area contributed by atoms with Crippen molar-refractivity contribution in [3.05, 3.63) is 72.6 Å². The van der Waals surface area contributed by atoms with Crippen LogP contribution in [0.4, 0.5) is 0 Å². The van der Waals surface area contributed by atoms with Crippen molar-refractivity contribution in [2.45, 2.75) is 33.5 Å². The van der Waals surface area contributed by atoms with Gasteiger partial charge >= 0.3 is 0 Å². The fourth-order valence-electron chi connectivity index (χ4n) is 2.67. The maximum atomic E-state index is 10.0. The number of carbonyl (C=O) groups excluding carboxylic acids is 1. The molecule has 0 saturated carbocycles. The molecule has 1 N–H and O–H groups in total. The Bertz CT molecular complexity index is 951. The predicted octanol–water partition coefficient (Wildman–Crippen LogP) is 5.28. The molecule has 0 aliphatic carbocycles. The second kappa shape index (κ2) is 10.5. The molecule has 0 spiro atoms. The van der Waals surface area contributed by atoms with Crippen LogP contribution in [0, 0.1) is 6.07 Å². The first-order chi connectivity index (χ1) is 12.7. The number of fused-ring (bicyclic) bond motifs is 1. The molecule has 0 amide bonds. The van der Waals surface area contributed by atoms with Crippen LogP contribution in [0.2, 0.25) is 19.6 Å². The van der Waals surface area contributed by atoms with Crippen LogP contribution in [-0.4, -0.2) is 23.9 Å². The number of ketones is 1. The number of allylic oxidation sites excluding steroid dienone is 2. The number of hydrogen-bond acceptors (Lipinski definition) is 3. The molecule has 0 atom stereocenters.